The highest BCUT2D eigenvalue weighted by Gasteiger charge is 2.07. The van der Waals surface area contributed by atoms with E-state index >= 15 is 0 Å². The second kappa shape index (κ2) is 6.06. The van der Waals surface area contributed by atoms with Crippen LogP contribution in [-0.4, -0.2) is 30.2 Å². The van der Waals surface area contributed by atoms with Crippen molar-refractivity contribution in [2.24, 2.45) is 0 Å². The summed E-state index contributed by atoms with van der Waals surface area (Å²) in [5.41, 5.74) is 2.30. The molecule has 1 heterocycles. The fourth-order valence-corrected chi connectivity index (χ4v) is 1.72. The van der Waals surface area contributed by atoms with Crippen molar-refractivity contribution >= 4 is 5.69 Å². The maximum atomic E-state index is 5.15. The summed E-state index contributed by atoms with van der Waals surface area (Å²) >= 11 is 0. The zero-order valence-corrected chi connectivity index (χ0v) is 9.97. The molecule has 4 nitrogen and oxygen atoms in total. The van der Waals surface area contributed by atoms with E-state index in [-0.39, 0.29) is 0 Å². The lowest BCUT2D eigenvalue weighted by Crippen LogP contribution is -2.26. The number of benzene rings is 1. The minimum Gasteiger partial charge on any atom is -0.383 e. The van der Waals surface area contributed by atoms with E-state index in [2.05, 4.69) is 27.0 Å². The molecule has 4 heteroatoms. The molecule has 0 saturated carbocycles. The first-order chi connectivity index (χ1) is 8.40. The highest BCUT2D eigenvalue weighted by atomic mass is 16.5. The predicted molar refractivity (Wildman–Crippen MR) is 68.0 cm³/mol. The highest BCUT2D eigenvalue weighted by molar-refractivity contribution is 5.46. The standard InChI is InChI=1S/C13H17N3O/c1-17-8-7-16(10-12-9-14-11-15-12)13-5-3-2-4-6-13/h2-6,9,11H,7-8,10H2,1H3,(H,14,15). The summed E-state index contributed by atoms with van der Waals surface area (Å²) in [7, 11) is 1.72. The molecule has 0 saturated heterocycles. The molecule has 0 aliphatic heterocycles. The first kappa shape index (κ1) is 11.7. The van der Waals surface area contributed by atoms with E-state index in [1.807, 2.05) is 24.4 Å². The van der Waals surface area contributed by atoms with Gasteiger partial charge in [-0.15, -0.1) is 0 Å². The quantitative estimate of drug-likeness (QED) is 0.827. The number of hydrogen-bond acceptors (Lipinski definition) is 3. The summed E-state index contributed by atoms with van der Waals surface area (Å²) in [5.74, 6) is 0. The summed E-state index contributed by atoms with van der Waals surface area (Å²) in [6.07, 6.45) is 3.55. The van der Waals surface area contributed by atoms with Crippen molar-refractivity contribution in [2.45, 2.75) is 6.54 Å². The van der Waals surface area contributed by atoms with Crippen LogP contribution in [0, 0.1) is 0 Å². The second-order valence-electron chi connectivity index (χ2n) is 3.83. The van der Waals surface area contributed by atoms with Gasteiger partial charge in [-0.1, -0.05) is 18.2 Å². The molecule has 2 aromatic rings. The summed E-state index contributed by atoms with van der Waals surface area (Å²) in [6, 6.07) is 10.3. The molecule has 0 fully saturated rings. The summed E-state index contributed by atoms with van der Waals surface area (Å²) in [6.45, 7) is 2.38. The second-order valence-corrected chi connectivity index (χ2v) is 3.83. The molecule has 0 atom stereocenters. The number of nitrogens with one attached hydrogen (secondary N) is 1. The minimum absolute atomic E-state index is 0.711. The van der Waals surface area contributed by atoms with Crippen LogP contribution in [-0.2, 0) is 11.3 Å². The van der Waals surface area contributed by atoms with Gasteiger partial charge in [-0.25, -0.2) is 4.98 Å². The lowest BCUT2D eigenvalue weighted by Gasteiger charge is -2.23. The zero-order chi connectivity index (χ0) is 11.9. The molecule has 0 unspecified atom stereocenters. The van der Waals surface area contributed by atoms with Crippen molar-refractivity contribution in [1.29, 1.82) is 0 Å². The van der Waals surface area contributed by atoms with Gasteiger partial charge in [0.2, 0.25) is 0 Å². The van der Waals surface area contributed by atoms with Gasteiger partial charge in [-0.05, 0) is 12.1 Å². The Balaban J connectivity index is 2.08. The van der Waals surface area contributed by atoms with Gasteiger partial charge in [-0.2, -0.15) is 0 Å². The Labute approximate surface area is 101 Å². The van der Waals surface area contributed by atoms with Crippen LogP contribution in [0.5, 0.6) is 0 Å². The number of imidazole rings is 1. The number of rotatable bonds is 6. The topological polar surface area (TPSA) is 41.1 Å². The molecule has 17 heavy (non-hydrogen) atoms. The van der Waals surface area contributed by atoms with Crippen LogP contribution in [0.3, 0.4) is 0 Å². The molecule has 1 N–H and O–H groups in total. The molecule has 0 bridgehead atoms. The lowest BCUT2D eigenvalue weighted by atomic mass is 10.2. The van der Waals surface area contributed by atoms with E-state index in [0.29, 0.717) is 6.61 Å². The molecule has 90 valence electrons. The zero-order valence-electron chi connectivity index (χ0n) is 9.97. The highest BCUT2D eigenvalue weighted by Crippen LogP contribution is 2.15. The molecule has 0 amide bonds. The third-order valence-electron chi connectivity index (χ3n) is 2.60. The van der Waals surface area contributed by atoms with Gasteiger partial charge in [0, 0.05) is 25.5 Å². The molecular formula is C13H17N3O. The van der Waals surface area contributed by atoms with Crippen molar-refractivity contribution in [2.75, 3.05) is 25.2 Å². The number of anilines is 1. The average molecular weight is 231 g/mol. The number of aromatic amines is 1. The number of para-hydroxylation sites is 1. The van der Waals surface area contributed by atoms with Gasteiger partial charge in [0.25, 0.3) is 0 Å². The number of hydrogen-bond donors (Lipinski definition) is 1. The fraction of sp³-hybridized carbons (Fsp3) is 0.308. The van der Waals surface area contributed by atoms with E-state index in [1.54, 1.807) is 13.4 Å². The number of ether oxygens (including phenoxy) is 1. The van der Waals surface area contributed by atoms with Crippen LogP contribution in [0.15, 0.2) is 42.9 Å². The van der Waals surface area contributed by atoms with Crippen molar-refractivity contribution in [1.82, 2.24) is 9.97 Å². The van der Waals surface area contributed by atoms with Crippen LogP contribution in [0.4, 0.5) is 5.69 Å². The monoisotopic (exact) mass is 231 g/mol. The van der Waals surface area contributed by atoms with Crippen LogP contribution in [0.2, 0.25) is 0 Å². The van der Waals surface area contributed by atoms with Crippen LogP contribution in [0.1, 0.15) is 5.69 Å². The smallest absolute Gasteiger partial charge is 0.0922 e. The number of H-pyrrole nitrogens is 1. The van der Waals surface area contributed by atoms with E-state index in [9.17, 15) is 0 Å². The lowest BCUT2D eigenvalue weighted by molar-refractivity contribution is 0.205. The van der Waals surface area contributed by atoms with Gasteiger partial charge < -0.3 is 14.6 Å². The van der Waals surface area contributed by atoms with E-state index < -0.39 is 0 Å². The Kier molecular flexibility index (Phi) is 4.16. The largest absolute Gasteiger partial charge is 0.383 e. The maximum Gasteiger partial charge on any atom is 0.0922 e. The predicted octanol–water partition coefficient (Wildman–Crippen LogP) is 2.06. The number of methoxy groups -OCH3 is 1. The Hall–Kier alpha value is -1.81. The summed E-state index contributed by atoms with van der Waals surface area (Å²) in [4.78, 5) is 9.42. The molecule has 2 rings (SSSR count). The van der Waals surface area contributed by atoms with Gasteiger partial charge in [-0.3, -0.25) is 0 Å². The van der Waals surface area contributed by atoms with E-state index in [1.165, 1.54) is 5.69 Å². The molecule has 0 aliphatic rings. The Morgan fingerprint density at radius 2 is 2.12 bits per heavy atom. The van der Waals surface area contributed by atoms with Gasteiger partial charge >= 0.3 is 0 Å². The van der Waals surface area contributed by atoms with Crippen molar-refractivity contribution < 1.29 is 4.74 Å². The molecule has 0 aliphatic carbocycles. The Morgan fingerprint density at radius 1 is 1.29 bits per heavy atom. The van der Waals surface area contributed by atoms with Gasteiger partial charge in [0.15, 0.2) is 0 Å². The molecule has 0 radical (unpaired) electrons. The Morgan fingerprint density at radius 3 is 2.76 bits per heavy atom. The minimum atomic E-state index is 0.711. The summed E-state index contributed by atoms with van der Waals surface area (Å²) in [5, 5.41) is 0. The van der Waals surface area contributed by atoms with Crippen molar-refractivity contribution in [3.05, 3.63) is 48.5 Å². The SMILES string of the molecule is COCCN(Cc1cnc[nH]1)c1ccccc1. The normalized spacial score (nSPS) is 10.4. The Bertz CT molecular complexity index is 413. The third kappa shape index (κ3) is 3.32. The van der Waals surface area contributed by atoms with Crippen LogP contribution < -0.4 is 4.90 Å². The van der Waals surface area contributed by atoms with E-state index in [0.717, 1.165) is 18.8 Å². The van der Waals surface area contributed by atoms with Crippen LogP contribution in [0.25, 0.3) is 0 Å². The molecule has 1 aromatic carbocycles. The van der Waals surface area contributed by atoms with Crippen LogP contribution >= 0.6 is 0 Å². The summed E-state index contributed by atoms with van der Waals surface area (Å²) < 4.78 is 5.15. The maximum absolute atomic E-state index is 5.15. The average Bonchev–Trinajstić information content (AvgIpc) is 2.88. The first-order valence-electron chi connectivity index (χ1n) is 5.66. The first-order valence-corrected chi connectivity index (χ1v) is 5.66. The number of aromatic nitrogens is 2. The molecule has 1 aromatic heterocycles. The fourth-order valence-electron chi connectivity index (χ4n) is 1.72. The third-order valence-corrected chi connectivity index (χ3v) is 2.60. The van der Waals surface area contributed by atoms with Crippen molar-refractivity contribution in [3.63, 3.8) is 0 Å². The van der Waals surface area contributed by atoms with Crippen molar-refractivity contribution in [3.8, 4) is 0 Å². The van der Waals surface area contributed by atoms with Gasteiger partial charge in [0.05, 0.1) is 25.2 Å². The number of nitrogens with zero attached hydrogens (tertiary/aromatic N) is 2. The van der Waals surface area contributed by atoms with Gasteiger partial charge in [0.1, 0.15) is 0 Å². The molecular weight excluding hydrogens is 214 g/mol. The van der Waals surface area contributed by atoms with E-state index in [4.69, 9.17) is 4.74 Å². The molecule has 0 spiro atoms.